The monoisotopic (exact) mass is 539 g/mol. The maximum Gasteiger partial charge on any atom is 0.258 e. The lowest BCUT2D eigenvalue weighted by molar-refractivity contribution is -0.159. The number of amides is 1. The summed E-state index contributed by atoms with van der Waals surface area (Å²) in [6.45, 7) is 2.63. The van der Waals surface area contributed by atoms with Gasteiger partial charge >= 0.3 is 0 Å². The van der Waals surface area contributed by atoms with Gasteiger partial charge in [-0.2, -0.15) is 0 Å². The maximum atomic E-state index is 14.3. The number of rotatable bonds is 12. The van der Waals surface area contributed by atoms with Gasteiger partial charge in [0.05, 0.1) is 10.3 Å². The number of carbonyl (C=O) groups excluding carboxylic acids is 1. The van der Waals surface area contributed by atoms with Crippen LogP contribution >= 0.6 is 0 Å². The van der Waals surface area contributed by atoms with E-state index in [0.717, 1.165) is 56.8 Å². The largest absolute Gasteiger partial charge is 0.306 e. The molecule has 4 saturated carbocycles. The summed E-state index contributed by atoms with van der Waals surface area (Å²) in [7, 11) is 0.322. The fourth-order valence-corrected chi connectivity index (χ4v) is 9.41. The molecule has 1 atom stereocenters. The highest BCUT2D eigenvalue weighted by molar-refractivity contribution is 7.89. The van der Waals surface area contributed by atoms with Crippen molar-refractivity contribution < 1.29 is 13.2 Å². The van der Waals surface area contributed by atoms with Crippen LogP contribution in [0, 0.1) is 23.2 Å². The topological polar surface area (TPSA) is 69.7 Å². The number of hydrogen-bond donors (Lipinski definition) is 1. The summed E-state index contributed by atoms with van der Waals surface area (Å²) in [5.74, 6) is 1.88. The van der Waals surface area contributed by atoms with E-state index in [1.54, 1.807) is 12.1 Å². The third kappa shape index (κ3) is 5.66. The molecule has 0 spiro atoms. The van der Waals surface area contributed by atoms with E-state index in [0.29, 0.717) is 35.7 Å². The molecule has 208 valence electrons. The van der Waals surface area contributed by atoms with Crippen LogP contribution in [-0.2, 0) is 14.8 Å². The van der Waals surface area contributed by atoms with E-state index in [2.05, 4.69) is 30.8 Å². The molecule has 4 bridgehead atoms. The standard InChI is InChI=1S/C31H45N3O3S/c1-4-10-27(33(2)3)13-7-8-16-34(30(35)31-20-23-17-24(21-31)19-25(18-23)22-31)32-38(36,37)29-15-9-12-26-11-5-6-14-28(26)29/h5-6,9,11-12,14-15,23-25,27,32H,4,7-8,10,13,16-22H2,1-3H3. The van der Waals surface area contributed by atoms with Crippen molar-refractivity contribution in [1.29, 1.82) is 0 Å². The van der Waals surface area contributed by atoms with Gasteiger partial charge in [-0.05, 0) is 101 Å². The molecule has 1 unspecified atom stereocenters. The van der Waals surface area contributed by atoms with Gasteiger partial charge in [0.25, 0.3) is 10.0 Å². The van der Waals surface area contributed by atoms with E-state index in [1.165, 1.54) is 24.3 Å². The Morgan fingerprint density at radius 2 is 1.58 bits per heavy atom. The Labute approximate surface area is 229 Å². The van der Waals surface area contributed by atoms with E-state index < -0.39 is 15.4 Å². The van der Waals surface area contributed by atoms with Crippen molar-refractivity contribution in [2.24, 2.45) is 23.2 Å². The first-order valence-corrected chi connectivity index (χ1v) is 16.2. The summed E-state index contributed by atoms with van der Waals surface area (Å²) >= 11 is 0. The number of unbranched alkanes of at least 4 members (excludes halogenated alkanes) is 1. The third-order valence-corrected chi connectivity index (χ3v) is 10.9. The molecule has 2 aromatic rings. The van der Waals surface area contributed by atoms with Crippen molar-refractivity contribution >= 4 is 26.7 Å². The highest BCUT2D eigenvalue weighted by atomic mass is 32.2. The number of hydrogen-bond acceptors (Lipinski definition) is 4. The van der Waals surface area contributed by atoms with Gasteiger partial charge in [-0.15, -0.1) is 4.83 Å². The van der Waals surface area contributed by atoms with Gasteiger partial charge in [0.15, 0.2) is 0 Å². The molecule has 4 fully saturated rings. The van der Waals surface area contributed by atoms with Crippen molar-refractivity contribution in [3.63, 3.8) is 0 Å². The zero-order valence-corrected chi connectivity index (χ0v) is 24.2. The van der Waals surface area contributed by atoms with Crippen LogP contribution in [0.4, 0.5) is 0 Å². The molecule has 7 heteroatoms. The number of nitrogens with one attached hydrogen (secondary N) is 1. The molecule has 0 aromatic heterocycles. The molecule has 4 aliphatic rings. The van der Waals surface area contributed by atoms with Crippen LogP contribution in [0.15, 0.2) is 47.4 Å². The van der Waals surface area contributed by atoms with E-state index in [-0.39, 0.29) is 10.8 Å². The van der Waals surface area contributed by atoms with E-state index in [4.69, 9.17) is 0 Å². The zero-order chi connectivity index (χ0) is 26.9. The minimum Gasteiger partial charge on any atom is -0.306 e. The predicted octanol–water partition coefficient (Wildman–Crippen LogP) is 5.98. The van der Waals surface area contributed by atoms with Crippen LogP contribution in [0.3, 0.4) is 0 Å². The quantitative estimate of drug-likeness (QED) is 0.266. The minimum atomic E-state index is -3.93. The van der Waals surface area contributed by atoms with E-state index >= 15 is 0 Å². The van der Waals surface area contributed by atoms with Crippen molar-refractivity contribution in [2.75, 3.05) is 20.6 Å². The Morgan fingerprint density at radius 3 is 2.21 bits per heavy atom. The Kier molecular flexibility index (Phi) is 8.18. The fourth-order valence-electron chi connectivity index (χ4n) is 8.12. The lowest BCUT2D eigenvalue weighted by Gasteiger charge is -2.56. The Hall–Kier alpha value is -1.96. The van der Waals surface area contributed by atoms with Gasteiger partial charge in [0.2, 0.25) is 5.91 Å². The van der Waals surface area contributed by atoms with Gasteiger partial charge in [-0.25, -0.2) is 8.42 Å². The Bertz CT molecular complexity index is 1200. The van der Waals surface area contributed by atoms with Crippen LogP contribution in [-0.4, -0.2) is 50.9 Å². The lowest BCUT2D eigenvalue weighted by atomic mass is 9.49. The molecule has 2 aromatic carbocycles. The maximum absolute atomic E-state index is 14.3. The summed E-state index contributed by atoms with van der Waals surface area (Å²) < 4.78 is 27.6. The van der Waals surface area contributed by atoms with Gasteiger partial charge < -0.3 is 4.90 Å². The van der Waals surface area contributed by atoms with Crippen molar-refractivity contribution in [2.45, 2.75) is 88.5 Å². The summed E-state index contributed by atoms with van der Waals surface area (Å²) in [6.07, 6.45) is 11.6. The molecule has 4 aliphatic carbocycles. The molecule has 38 heavy (non-hydrogen) atoms. The number of benzene rings is 2. The van der Waals surface area contributed by atoms with Crippen LogP contribution in [0.5, 0.6) is 0 Å². The van der Waals surface area contributed by atoms with Crippen molar-refractivity contribution in [3.05, 3.63) is 42.5 Å². The molecule has 0 saturated heterocycles. The minimum absolute atomic E-state index is 0.0122. The first kappa shape index (κ1) is 27.6. The highest BCUT2D eigenvalue weighted by Gasteiger charge is 2.56. The second kappa shape index (κ2) is 11.3. The van der Waals surface area contributed by atoms with E-state index in [1.807, 2.05) is 30.3 Å². The van der Waals surface area contributed by atoms with Crippen molar-refractivity contribution in [3.8, 4) is 0 Å². The van der Waals surface area contributed by atoms with Gasteiger partial charge in [-0.1, -0.05) is 56.2 Å². The Morgan fingerprint density at radius 1 is 0.947 bits per heavy atom. The predicted molar refractivity (Wildman–Crippen MR) is 153 cm³/mol. The van der Waals surface area contributed by atoms with Crippen LogP contribution in [0.25, 0.3) is 10.8 Å². The number of fused-ring (bicyclic) bond motifs is 1. The molecular formula is C31H45N3O3S. The molecule has 0 heterocycles. The molecular weight excluding hydrogens is 494 g/mol. The summed E-state index contributed by atoms with van der Waals surface area (Å²) in [5, 5.41) is 3.06. The first-order chi connectivity index (χ1) is 18.2. The SMILES string of the molecule is CCCC(CCCCN(NS(=O)(=O)c1cccc2ccccc12)C(=O)C12CC3CC(CC(C3)C1)C2)N(C)C. The number of carbonyl (C=O) groups is 1. The lowest BCUT2D eigenvalue weighted by Crippen LogP contribution is -2.58. The second-order valence-electron chi connectivity index (χ2n) is 12.6. The normalized spacial score (nSPS) is 27.2. The summed E-state index contributed by atoms with van der Waals surface area (Å²) in [6, 6.07) is 13.4. The van der Waals surface area contributed by atoms with Gasteiger partial charge in [0, 0.05) is 18.0 Å². The summed E-state index contributed by atoms with van der Waals surface area (Å²) in [5.41, 5.74) is -0.398. The molecule has 6 rings (SSSR count). The molecule has 1 amide bonds. The third-order valence-electron chi connectivity index (χ3n) is 9.53. The van der Waals surface area contributed by atoms with Gasteiger partial charge in [-0.3, -0.25) is 9.80 Å². The molecule has 0 radical (unpaired) electrons. The smallest absolute Gasteiger partial charge is 0.258 e. The van der Waals surface area contributed by atoms with Crippen molar-refractivity contribution in [1.82, 2.24) is 14.7 Å². The average molecular weight is 540 g/mol. The summed E-state index contributed by atoms with van der Waals surface area (Å²) in [4.78, 5) is 19.6. The highest BCUT2D eigenvalue weighted by Crippen LogP contribution is 2.60. The number of hydrazine groups is 1. The van der Waals surface area contributed by atoms with Crippen LogP contribution in [0.1, 0.15) is 77.6 Å². The number of sulfonamides is 1. The molecule has 0 aliphatic heterocycles. The Balaban J connectivity index is 1.37. The molecule has 6 nitrogen and oxygen atoms in total. The van der Waals surface area contributed by atoms with Crippen LogP contribution < -0.4 is 4.83 Å². The second-order valence-corrected chi connectivity index (χ2v) is 14.3. The first-order valence-electron chi connectivity index (χ1n) is 14.7. The fraction of sp³-hybridized carbons (Fsp3) is 0.645. The van der Waals surface area contributed by atoms with Crippen LogP contribution in [0.2, 0.25) is 0 Å². The zero-order valence-electron chi connectivity index (χ0n) is 23.4. The van der Waals surface area contributed by atoms with E-state index in [9.17, 15) is 13.2 Å². The van der Waals surface area contributed by atoms with Gasteiger partial charge in [0.1, 0.15) is 0 Å². The average Bonchev–Trinajstić information content (AvgIpc) is 2.88. The molecule has 1 N–H and O–H groups in total. The number of nitrogens with zero attached hydrogens (tertiary/aromatic N) is 2.